The molecule has 0 saturated heterocycles. The molecule has 0 heterocycles. The third-order valence-corrected chi connectivity index (χ3v) is 6.24. The van der Waals surface area contributed by atoms with Crippen LogP contribution in [0.1, 0.15) is 142 Å². The SMILES string of the molecule is CCC/C=C\C/C=C\C(CCCCCCC(=O)O)OC(=O)CCCCCCC/C=C\C/C=C\CCCC. The van der Waals surface area contributed by atoms with Crippen molar-refractivity contribution in [3.8, 4) is 0 Å². The first-order chi connectivity index (χ1) is 18.1. The van der Waals surface area contributed by atoms with Gasteiger partial charge in [-0.25, -0.2) is 0 Å². The predicted octanol–water partition coefficient (Wildman–Crippen LogP) is 10.0. The normalized spacial score (nSPS) is 12.9. The van der Waals surface area contributed by atoms with Crippen molar-refractivity contribution in [2.75, 3.05) is 0 Å². The maximum Gasteiger partial charge on any atom is 0.306 e. The molecule has 0 aromatic heterocycles. The Labute approximate surface area is 228 Å². The number of hydrogen-bond donors (Lipinski definition) is 1. The van der Waals surface area contributed by atoms with Gasteiger partial charge in [-0.2, -0.15) is 0 Å². The molecule has 0 spiro atoms. The summed E-state index contributed by atoms with van der Waals surface area (Å²) in [5.74, 6) is -0.833. The second kappa shape index (κ2) is 28.5. The van der Waals surface area contributed by atoms with Crippen molar-refractivity contribution in [3.05, 3.63) is 48.6 Å². The molecule has 0 aromatic rings. The highest BCUT2D eigenvalue weighted by Gasteiger charge is 2.11. The highest BCUT2D eigenvalue weighted by molar-refractivity contribution is 5.69. The van der Waals surface area contributed by atoms with Crippen LogP contribution in [0.3, 0.4) is 0 Å². The van der Waals surface area contributed by atoms with Crippen LogP contribution in [0.25, 0.3) is 0 Å². The minimum Gasteiger partial charge on any atom is -0.481 e. The number of unbranched alkanes of at least 4 members (excludes halogenated alkanes) is 11. The summed E-state index contributed by atoms with van der Waals surface area (Å²) in [4.78, 5) is 23.0. The molecule has 212 valence electrons. The van der Waals surface area contributed by atoms with Crippen molar-refractivity contribution in [1.29, 1.82) is 0 Å². The number of carboxylic acids is 1. The summed E-state index contributed by atoms with van der Waals surface area (Å²) in [5, 5.41) is 8.75. The van der Waals surface area contributed by atoms with Gasteiger partial charge in [0.25, 0.3) is 0 Å². The molecular weight excluding hydrogens is 460 g/mol. The minimum absolute atomic E-state index is 0.100. The van der Waals surface area contributed by atoms with Crippen molar-refractivity contribution in [2.24, 2.45) is 0 Å². The molecule has 0 amide bonds. The van der Waals surface area contributed by atoms with Gasteiger partial charge in [-0.1, -0.05) is 108 Å². The van der Waals surface area contributed by atoms with Gasteiger partial charge in [0.05, 0.1) is 0 Å². The molecule has 0 bridgehead atoms. The van der Waals surface area contributed by atoms with Crippen molar-refractivity contribution >= 4 is 11.9 Å². The lowest BCUT2D eigenvalue weighted by atomic mass is 10.1. The van der Waals surface area contributed by atoms with E-state index in [1.54, 1.807) is 0 Å². The van der Waals surface area contributed by atoms with Crippen molar-refractivity contribution in [3.63, 3.8) is 0 Å². The minimum atomic E-state index is -0.733. The summed E-state index contributed by atoms with van der Waals surface area (Å²) >= 11 is 0. The lowest BCUT2D eigenvalue weighted by Crippen LogP contribution is -2.16. The van der Waals surface area contributed by atoms with Crippen LogP contribution in [0.2, 0.25) is 0 Å². The Hall–Kier alpha value is -2.10. The first kappa shape index (κ1) is 34.9. The zero-order chi connectivity index (χ0) is 27.2. The number of aliphatic carboxylic acids is 1. The molecule has 0 aliphatic heterocycles. The molecule has 1 unspecified atom stereocenters. The quantitative estimate of drug-likeness (QED) is 0.0705. The third-order valence-electron chi connectivity index (χ3n) is 6.24. The zero-order valence-electron chi connectivity index (χ0n) is 24.0. The maximum atomic E-state index is 12.4. The number of esters is 1. The highest BCUT2D eigenvalue weighted by atomic mass is 16.5. The second-order valence-corrected chi connectivity index (χ2v) is 9.93. The fraction of sp³-hybridized carbons (Fsp3) is 0.697. The van der Waals surface area contributed by atoms with E-state index in [2.05, 4.69) is 56.4 Å². The molecule has 1 N–H and O–H groups in total. The summed E-state index contributed by atoms with van der Waals surface area (Å²) < 4.78 is 5.78. The van der Waals surface area contributed by atoms with E-state index < -0.39 is 5.97 Å². The maximum absolute atomic E-state index is 12.4. The van der Waals surface area contributed by atoms with Crippen LogP contribution in [0, 0.1) is 0 Å². The fourth-order valence-corrected chi connectivity index (χ4v) is 3.98. The molecule has 4 heteroatoms. The van der Waals surface area contributed by atoms with Crippen LogP contribution in [0.4, 0.5) is 0 Å². The predicted molar refractivity (Wildman–Crippen MR) is 158 cm³/mol. The fourth-order valence-electron chi connectivity index (χ4n) is 3.98. The van der Waals surface area contributed by atoms with E-state index in [1.807, 2.05) is 6.08 Å². The van der Waals surface area contributed by atoms with Crippen LogP contribution >= 0.6 is 0 Å². The Morgan fingerprint density at radius 3 is 1.86 bits per heavy atom. The van der Waals surface area contributed by atoms with E-state index in [-0.39, 0.29) is 18.5 Å². The Morgan fingerprint density at radius 2 is 1.19 bits per heavy atom. The number of allylic oxidation sites excluding steroid dienone is 7. The first-order valence-corrected chi connectivity index (χ1v) is 15.1. The van der Waals surface area contributed by atoms with Gasteiger partial charge in [0.1, 0.15) is 6.10 Å². The zero-order valence-corrected chi connectivity index (χ0v) is 24.0. The molecule has 37 heavy (non-hydrogen) atoms. The largest absolute Gasteiger partial charge is 0.481 e. The number of carbonyl (C=O) groups excluding carboxylic acids is 1. The average Bonchev–Trinajstić information content (AvgIpc) is 2.87. The number of ether oxygens (including phenoxy) is 1. The third kappa shape index (κ3) is 28.3. The Bertz CT molecular complexity index is 645. The van der Waals surface area contributed by atoms with Crippen LogP contribution in [0.5, 0.6) is 0 Å². The molecule has 1 atom stereocenters. The first-order valence-electron chi connectivity index (χ1n) is 15.1. The molecule has 4 nitrogen and oxygen atoms in total. The van der Waals surface area contributed by atoms with E-state index >= 15 is 0 Å². The van der Waals surface area contributed by atoms with Gasteiger partial charge in [-0.15, -0.1) is 0 Å². The Balaban J connectivity index is 4.07. The van der Waals surface area contributed by atoms with E-state index in [0.29, 0.717) is 12.8 Å². The van der Waals surface area contributed by atoms with Crippen molar-refractivity contribution in [2.45, 2.75) is 148 Å². The number of carbonyl (C=O) groups is 2. The molecule has 0 radical (unpaired) electrons. The monoisotopic (exact) mass is 516 g/mol. The standard InChI is InChI=1S/C33H56O4/c1-3-5-7-9-11-12-13-14-15-16-17-18-20-26-30-33(36)37-31(27-23-19-10-8-6-4-2)28-24-21-22-25-29-32(34)35/h8-11,13-14,23,27,31H,3-7,12,15-22,24-26,28-30H2,1-2H3,(H,34,35)/b10-8-,11-9-,14-13-,27-23-. The average molecular weight is 517 g/mol. The lowest BCUT2D eigenvalue weighted by molar-refractivity contribution is -0.147. The molecule has 0 rings (SSSR count). The molecule has 0 saturated carbocycles. The number of hydrogen-bond acceptors (Lipinski definition) is 3. The molecule has 0 aromatic carbocycles. The molecule has 0 fully saturated rings. The van der Waals surface area contributed by atoms with Gasteiger partial charge in [0, 0.05) is 12.8 Å². The molecular formula is C33H56O4. The van der Waals surface area contributed by atoms with E-state index in [4.69, 9.17) is 9.84 Å². The van der Waals surface area contributed by atoms with Gasteiger partial charge in [-0.3, -0.25) is 9.59 Å². The van der Waals surface area contributed by atoms with Gasteiger partial charge >= 0.3 is 11.9 Å². The molecule has 0 aliphatic rings. The Morgan fingerprint density at radius 1 is 0.622 bits per heavy atom. The van der Waals surface area contributed by atoms with Crippen molar-refractivity contribution in [1.82, 2.24) is 0 Å². The van der Waals surface area contributed by atoms with Crippen LogP contribution in [0.15, 0.2) is 48.6 Å². The summed E-state index contributed by atoms with van der Waals surface area (Å²) in [6, 6.07) is 0. The van der Waals surface area contributed by atoms with E-state index in [0.717, 1.165) is 70.6 Å². The second-order valence-electron chi connectivity index (χ2n) is 9.93. The highest BCUT2D eigenvalue weighted by Crippen LogP contribution is 2.14. The van der Waals surface area contributed by atoms with Gasteiger partial charge < -0.3 is 9.84 Å². The molecule has 0 aliphatic carbocycles. The van der Waals surface area contributed by atoms with Gasteiger partial charge in [0.2, 0.25) is 0 Å². The van der Waals surface area contributed by atoms with Crippen LogP contribution < -0.4 is 0 Å². The smallest absolute Gasteiger partial charge is 0.306 e. The summed E-state index contributed by atoms with van der Waals surface area (Å²) in [6.07, 6.45) is 37.0. The number of carboxylic acid groups (broad SMARTS) is 1. The van der Waals surface area contributed by atoms with Crippen molar-refractivity contribution < 1.29 is 19.4 Å². The number of rotatable bonds is 26. The van der Waals surface area contributed by atoms with Crippen LogP contribution in [-0.4, -0.2) is 23.1 Å². The van der Waals surface area contributed by atoms with Crippen LogP contribution in [-0.2, 0) is 14.3 Å². The summed E-state index contributed by atoms with van der Waals surface area (Å²) in [6.45, 7) is 4.39. The lowest BCUT2D eigenvalue weighted by Gasteiger charge is -2.14. The van der Waals surface area contributed by atoms with E-state index in [9.17, 15) is 9.59 Å². The summed E-state index contributed by atoms with van der Waals surface area (Å²) in [7, 11) is 0. The van der Waals surface area contributed by atoms with E-state index in [1.165, 1.54) is 38.5 Å². The van der Waals surface area contributed by atoms with Gasteiger partial charge in [-0.05, 0) is 70.3 Å². The topological polar surface area (TPSA) is 63.6 Å². The van der Waals surface area contributed by atoms with Gasteiger partial charge in [0.15, 0.2) is 0 Å². The summed E-state index contributed by atoms with van der Waals surface area (Å²) in [5.41, 5.74) is 0. The Kier molecular flexibility index (Phi) is 26.9.